The summed E-state index contributed by atoms with van der Waals surface area (Å²) in [5, 5.41) is 87.3. The van der Waals surface area contributed by atoms with Crippen LogP contribution in [0.5, 0.6) is 11.6 Å². The Kier molecular flexibility index (Phi) is 12.3. The first-order chi connectivity index (χ1) is 32.4. The number of phenolic OH excluding ortho intramolecular Hbond substituents is 1. The van der Waals surface area contributed by atoms with E-state index in [1.165, 1.54) is 57.8 Å². The molecule has 342 valence electrons. The molecule has 0 saturated heterocycles. The van der Waals surface area contributed by atoms with Crippen LogP contribution in [-0.2, 0) is 19.7 Å². The molecule has 0 bridgehead atoms. The van der Waals surface area contributed by atoms with Crippen molar-refractivity contribution in [2.24, 2.45) is 30.7 Å². The molecule has 0 unspecified atom stereocenters. The number of imidazole rings is 1. The minimum Gasteiger partial charge on any atom is -0.505 e. The van der Waals surface area contributed by atoms with Gasteiger partial charge in [0.25, 0.3) is 10.1 Å². The van der Waals surface area contributed by atoms with Crippen molar-refractivity contribution in [2.45, 2.75) is 31.6 Å². The number of hydrogen-bond donors (Lipinski definition) is 6. The SMILES string of the molecule is Cc1cc(N=Nc2c(S(=O)(=O)O)cc3ccc(N=Nc4c(C)c(C#N)c5nc6ccccc6n5c4O)cc3c2O)c(N(CCC(=O)O)CCC(=O)O)cc1N=Nc1nc2ccc(C(=O)O)cc2s1. The number of para-hydroxylation sites is 2. The summed E-state index contributed by atoms with van der Waals surface area (Å²) >= 11 is 1.07. The van der Waals surface area contributed by atoms with E-state index in [1.807, 2.05) is 0 Å². The highest BCUT2D eigenvalue weighted by atomic mass is 32.2. The van der Waals surface area contributed by atoms with Gasteiger partial charge in [-0.25, -0.2) is 14.8 Å². The number of fused-ring (bicyclic) bond motifs is 5. The third-order valence-electron chi connectivity index (χ3n) is 10.6. The van der Waals surface area contributed by atoms with Crippen molar-refractivity contribution < 1.29 is 52.9 Å². The lowest BCUT2D eigenvalue weighted by molar-refractivity contribution is -0.137. The van der Waals surface area contributed by atoms with Crippen LogP contribution in [0.1, 0.15) is 39.9 Å². The number of aromatic hydroxyl groups is 2. The van der Waals surface area contributed by atoms with Gasteiger partial charge in [0.15, 0.2) is 17.1 Å². The van der Waals surface area contributed by atoms with E-state index in [9.17, 15) is 58.1 Å². The summed E-state index contributed by atoms with van der Waals surface area (Å²) in [5.41, 5.74) is 2.14. The van der Waals surface area contributed by atoms with E-state index in [1.54, 1.807) is 38.1 Å². The average Bonchev–Trinajstić information content (AvgIpc) is 3.89. The monoisotopic (exact) mass is 955 g/mol. The number of hydrogen-bond acceptors (Lipinski definition) is 18. The Morgan fingerprint density at radius 2 is 1.50 bits per heavy atom. The first-order valence-electron chi connectivity index (χ1n) is 19.9. The second-order valence-corrected chi connectivity index (χ2v) is 17.4. The molecule has 0 saturated carbocycles. The molecule has 6 N–H and O–H groups in total. The molecule has 0 fully saturated rings. The van der Waals surface area contributed by atoms with Crippen molar-refractivity contribution in [2.75, 3.05) is 18.0 Å². The molecule has 0 radical (unpaired) electrons. The molecular weight excluding hydrogens is 923 g/mol. The highest BCUT2D eigenvalue weighted by Crippen LogP contribution is 2.45. The number of pyridine rings is 1. The summed E-state index contributed by atoms with van der Waals surface area (Å²) in [4.78, 5) is 44.4. The molecule has 0 amide bonds. The minimum absolute atomic E-state index is 0.0248. The topological polar surface area (TPSA) is 338 Å². The number of carboxylic acids is 3. The fourth-order valence-electron chi connectivity index (χ4n) is 7.23. The number of rotatable bonds is 15. The van der Waals surface area contributed by atoms with Crippen LogP contribution in [0.2, 0.25) is 0 Å². The molecule has 0 spiro atoms. The van der Waals surface area contributed by atoms with Crippen molar-refractivity contribution in [1.29, 1.82) is 5.26 Å². The Balaban J connectivity index is 1.22. The highest BCUT2D eigenvalue weighted by molar-refractivity contribution is 7.86. The molecule has 3 aromatic heterocycles. The van der Waals surface area contributed by atoms with Crippen LogP contribution in [0.25, 0.3) is 37.7 Å². The van der Waals surface area contributed by atoms with Gasteiger partial charge in [0.05, 0.1) is 56.7 Å². The van der Waals surface area contributed by atoms with E-state index >= 15 is 0 Å². The number of aromatic carboxylic acids is 1. The van der Waals surface area contributed by atoms with Crippen LogP contribution < -0.4 is 4.90 Å². The molecule has 0 aliphatic carbocycles. The van der Waals surface area contributed by atoms with Gasteiger partial charge in [0.2, 0.25) is 11.0 Å². The lowest BCUT2D eigenvalue weighted by Crippen LogP contribution is -2.28. The van der Waals surface area contributed by atoms with E-state index in [2.05, 4.69) is 46.7 Å². The molecule has 5 aromatic carbocycles. The van der Waals surface area contributed by atoms with Gasteiger partial charge in [-0.1, -0.05) is 29.5 Å². The van der Waals surface area contributed by atoms with Crippen molar-refractivity contribution >= 4 is 116 Å². The number of thiazole rings is 1. The maximum Gasteiger partial charge on any atom is 0.335 e. The summed E-state index contributed by atoms with van der Waals surface area (Å²) in [6.45, 7) is 2.72. The lowest BCUT2D eigenvalue weighted by atomic mass is 10.1. The molecule has 22 nitrogen and oxygen atoms in total. The zero-order valence-corrected chi connectivity index (χ0v) is 36.9. The maximum absolute atomic E-state index is 12.8. The summed E-state index contributed by atoms with van der Waals surface area (Å²) in [6.07, 6.45) is -0.895. The first-order valence-corrected chi connectivity index (χ1v) is 22.2. The standard InChI is InChI=1S/C44H33N11O11S2/c1-21-15-31(33(54(13-11-36(56)57)14-12-37(58)59)19-30(21)49-53-44-47-29-10-8-24(43(62)63)16-34(29)67-44)50-52-39-35(68(64,65)66)17-23-7-9-25(18-26(23)40(39)60)48-51-38-22(2)27(20-45)41-46-28-5-3-4-6-32(28)55(41)42(38)61/h3-10,15-19,60-61H,11-14H2,1-2H3,(H,56,57)(H,58,59)(H,62,63)(H,64,65,66). The molecule has 0 aliphatic heterocycles. The molecule has 3 heterocycles. The average molecular weight is 956 g/mol. The second-order valence-electron chi connectivity index (χ2n) is 15.0. The maximum atomic E-state index is 12.8. The fourth-order valence-corrected chi connectivity index (χ4v) is 8.71. The largest absolute Gasteiger partial charge is 0.505 e. The Morgan fingerprint density at radius 3 is 2.19 bits per heavy atom. The normalized spacial score (nSPS) is 12.1. The number of nitrogens with zero attached hydrogens (tertiary/aromatic N) is 11. The molecule has 24 heteroatoms. The van der Waals surface area contributed by atoms with Crippen LogP contribution in [-0.4, -0.2) is 83.9 Å². The first kappa shape index (κ1) is 45.8. The number of anilines is 1. The predicted octanol–water partition coefficient (Wildman–Crippen LogP) is 10.1. The van der Waals surface area contributed by atoms with Crippen molar-refractivity contribution in [3.8, 4) is 17.7 Å². The van der Waals surface area contributed by atoms with E-state index in [0.717, 1.165) is 17.4 Å². The van der Waals surface area contributed by atoms with Gasteiger partial charge in [0.1, 0.15) is 27.9 Å². The van der Waals surface area contributed by atoms with Gasteiger partial charge in [0, 0.05) is 24.0 Å². The summed E-state index contributed by atoms with van der Waals surface area (Å²) in [6, 6.07) is 21.4. The van der Waals surface area contributed by atoms with Gasteiger partial charge in [-0.05, 0) is 85.5 Å². The van der Waals surface area contributed by atoms with Crippen LogP contribution in [0.15, 0.2) is 114 Å². The van der Waals surface area contributed by atoms with Crippen LogP contribution in [0, 0.1) is 25.2 Å². The number of aromatic nitrogens is 3. The Bertz CT molecular complexity index is 3670. The second kappa shape index (κ2) is 18.2. The third-order valence-corrected chi connectivity index (χ3v) is 12.3. The van der Waals surface area contributed by atoms with Gasteiger partial charge in [-0.3, -0.25) is 18.5 Å². The number of nitriles is 1. The lowest BCUT2D eigenvalue weighted by Gasteiger charge is -2.25. The number of aryl methyl sites for hydroxylation is 1. The Morgan fingerprint density at radius 1 is 0.794 bits per heavy atom. The fraction of sp³-hybridized carbons (Fsp3) is 0.136. The van der Waals surface area contributed by atoms with E-state index < -0.39 is 57.2 Å². The number of carbonyl (C=O) groups is 3. The zero-order valence-electron chi connectivity index (χ0n) is 35.3. The number of benzene rings is 5. The molecule has 8 aromatic rings. The highest BCUT2D eigenvalue weighted by Gasteiger charge is 2.25. The van der Waals surface area contributed by atoms with Crippen molar-refractivity contribution in [3.05, 3.63) is 101 Å². The van der Waals surface area contributed by atoms with Crippen molar-refractivity contribution in [3.63, 3.8) is 0 Å². The van der Waals surface area contributed by atoms with Crippen LogP contribution in [0.4, 0.5) is 39.3 Å². The van der Waals surface area contributed by atoms with E-state index in [-0.39, 0.29) is 85.6 Å². The third kappa shape index (κ3) is 9.07. The minimum atomic E-state index is -5.10. The van der Waals surface area contributed by atoms with Crippen LogP contribution in [0.3, 0.4) is 0 Å². The molecule has 68 heavy (non-hydrogen) atoms. The molecule has 0 aliphatic rings. The smallest absolute Gasteiger partial charge is 0.335 e. The Hall–Kier alpha value is -8.79. The molecule has 8 rings (SSSR count). The van der Waals surface area contributed by atoms with Crippen LogP contribution >= 0.6 is 11.3 Å². The van der Waals surface area contributed by atoms with E-state index in [0.29, 0.717) is 26.8 Å². The number of azo groups is 3. The number of aliphatic carboxylic acids is 2. The number of carboxylic acid groups (broad SMARTS) is 3. The summed E-state index contributed by atoms with van der Waals surface area (Å²) in [5.74, 6) is -4.64. The predicted molar refractivity (Wildman–Crippen MR) is 246 cm³/mol. The zero-order chi connectivity index (χ0) is 48.6. The summed E-state index contributed by atoms with van der Waals surface area (Å²) in [7, 11) is -5.10. The quantitative estimate of drug-likeness (QED) is 0.0411. The number of phenols is 1. The van der Waals surface area contributed by atoms with Gasteiger partial charge in [-0.2, -0.15) is 18.8 Å². The van der Waals surface area contributed by atoms with Crippen molar-refractivity contribution in [1.82, 2.24) is 14.4 Å². The Labute approximate surface area is 386 Å². The molecule has 0 atom stereocenters. The molecular formula is C44H33N11O11S2. The van der Waals surface area contributed by atoms with Gasteiger partial charge in [-0.15, -0.1) is 25.6 Å². The van der Waals surface area contributed by atoms with Gasteiger partial charge >= 0.3 is 17.9 Å². The van der Waals surface area contributed by atoms with E-state index in [4.69, 9.17) is 0 Å². The van der Waals surface area contributed by atoms with Gasteiger partial charge < -0.3 is 30.4 Å². The summed E-state index contributed by atoms with van der Waals surface area (Å²) < 4.78 is 37.9.